The molecule has 84 valence electrons. The number of rotatable bonds is 3. The molecule has 2 nitrogen and oxygen atoms in total. The highest BCUT2D eigenvalue weighted by Crippen LogP contribution is 2.37. The van der Waals surface area contributed by atoms with Crippen LogP contribution in [0.15, 0.2) is 28.7 Å². The number of hydrogen-bond donors (Lipinski definition) is 1. The van der Waals surface area contributed by atoms with Crippen molar-refractivity contribution in [2.24, 2.45) is 11.7 Å². The highest BCUT2D eigenvalue weighted by atomic mass is 16.3. The Bertz CT molecular complexity index is 510. The molecule has 2 N–H and O–H groups in total. The first kappa shape index (κ1) is 9.91. The van der Waals surface area contributed by atoms with Gasteiger partial charge in [0.1, 0.15) is 11.3 Å². The molecule has 1 aromatic carbocycles. The van der Waals surface area contributed by atoms with Crippen LogP contribution >= 0.6 is 0 Å². The van der Waals surface area contributed by atoms with E-state index in [-0.39, 0.29) is 6.04 Å². The quantitative estimate of drug-likeness (QED) is 0.850. The van der Waals surface area contributed by atoms with Crippen molar-refractivity contribution in [3.8, 4) is 0 Å². The van der Waals surface area contributed by atoms with E-state index in [4.69, 9.17) is 10.2 Å². The smallest absolute Gasteiger partial charge is 0.134 e. The first-order valence-electron chi connectivity index (χ1n) is 5.98. The zero-order valence-electron chi connectivity index (χ0n) is 9.57. The van der Waals surface area contributed by atoms with Crippen LogP contribution in [0, 0.1) is 12.8 Å². The number of aryl methyl sites for hydroxylation is 1. The second-order valence-electron chi connectivity index (χ2n) is 4.98. The zero-order chi connectivity index (χ0) is 11.1. The third kappa shape index (κ3) is 1.85. The van der Waals surface area contributed by atoms with Crippen molar-refractivity contribution < 1.29 is 4.42 Å². The highest BCUT2D eigenvalue weighted by molar-refractivity contribution is 5.78. The number of hydrogen-bond acceptors (Lipinski definition) is 2. The molecule has 3 rings (SSSR count). The minimum atomic E-state index is 0.0696. The van der Waals surface area contributed by atoms with Gasteiger partial charge in [-0.05, 0) is 37.0 Å². The molecule has 0 amide bonds. The zero-order valence-corrected chi connectivity index (χ0v) is 9.57. The van der Waals surface area contributed by atoms with E-state index in [9.17, 15) is 0 Å². The molecule has 1 aromatic heterocycles. The lowest BCUT2D eigenvalue weighted by molar-refractivity contribution is 0.463. The fraction of sp³-hybridized carbons (Fsp3) is 0.429. The monoisotopic (exact) mass is 215 g/mol. The van der Waals surface area contributed by atoms with E-state index in [0.29, 0.717) is 0 Å². The van der Waals surface area contributed by atoms with E-state index < -0.39 is 0 Å². The molecule has 0 bridgehead atoms. The Hall–Kier alpha value is -1.28. The maximum absolute atomic E-state index is 6.14. The Kier molecular flexibility index (Phi) is 2.25. The summed E-state index contributed by atoms with van der Waals surface area (Å²) in [4.78, 5) is 0. The number of benzene rings is 1. The summed E-state index contributed by atoms with van der Waals surface area (Å²) in [6.07, 6.45) is 3.75. The molecule has 0 radical (unpaired) electrons. The van der Waals surface area contributed by atoms with Gasteiger partial charge in [0.05, 0.1) is 6.04 Å². The predicted octanol–water partition coefficient (Wildman–Crippen LogP) is 3.54. The van der Waals surface area contributed by atoms with Crippen LogP contribution in [0.1, 0.15) is 36.6 Å². The number of fused-ring (bicyclic) bond motifs is 1. The van der Waals surface area contributed by atoms with Gasteiger partial charge >= 0.3 is 0 Å². The summed E-state index contributed by atoms with van der Waals surface area (Å²) in [6, 6.07) is 8.43. The van der Waals surface area contributed by atoms with Crippen molar-refractivity contribution in [2.75, 3.05) is 0 Å². The fourth-order valence-electron chi connectivity index (χ4n) is 2.17. The molecular weight excluding hydrogens is 198 g/mol. The first-order chi connectivity index (χ1) is 7.72. The van der Waals surface area contributed by atoms with Crippen molar-refractivity contribution in [3.63, 3.8) is 0 Å². The van der Waals surface area contributed by atoms with Crippen molar-refractivity contribution >= 4 is 11.0 Å². The molecule has 0 aliphatic heterocycles. The van der Waals surface area contributed by atoms with E-state index in [0.717, 1.165) is 29.1 Å². The van der Waals surface area contributed by atoms with Crippen molar-refractivity contribution in [1.82, 2.24) is 0 Å². The maximum atomic E-state index is 6.14. The van der Waals surface area contributed by atoms with Crippen LogP contribution in [0.4, 0.5) is 0 Å². The molecule has 1 atom stereocenters. The summed E-state index contributed by atoms with van der Waals surface area (Å²) in [6.45, 7) is 2.08. The third-order valence-corrected chi connectivity index (χ3v) is 3.34. The maximum Gasteiger partial charge on any atom is 0.134 e. The molecule has 0 unspecified atom stereocenters. The summed E-state index contributed by atoms with van der Waals surface area (Å²) in [5.74, 6) is 1.78. The molecule has 1 saturated carbocycles. The summed E-state index contributed by atoms with van der Waals surface area (Å²) in [5.41, 5.74) is 8.33. The van der Waals surface area contributed by atoms with Gasteiger partial charge in [-0.25, -0.2) is 0 Å². The number of nitrogens with two attached hydrogens (primary N) is 1. The van der Waals surface area contributed by atoms with E-state index >= 15 is 0 Å². The van der Waals surface area contributed by atoms with Crippen molar-refractivity contribution in [3.05, 3.63) is 35.6 Å². The Labute approximate surface area is 95.4 Å². The van der Waals surface area contributed by atoms with Gasteiger partial charge in [0.2, 0.25) is 0 Å². The number of furan rings is 1. The summed E-state index contributed by atoms with van der Waals surface area (Å²) in [5, 5.41) is 1.16. The van der Waals surface area contributed by atoms with Crippen LogP contribution in [-0.2, 0) is 0 Å². The minimum absolute atomic E-state index is 0.0696. The topological polar surface area (TPSA) is 39.2 Å². The Morgan fingerprint density at radius 2 is 2.19 bits per heavy atom. The standard InChI is InChI=1S/C14H17NO/c1-9-2-5-11-8-14(16-13(11)6-9)12(15)7-10-3-4-10/h2,5-6,8,10,12H,3-4,7,15H2,1H3/t12-/m1/s1. The van der Waals surface area contributed by atoms with E-state index in [2.05, 4.69) is 31.2 Å². The van der Waals surface area contributed by atoms with Crippen LogP contribution in [0.5, 0.6) is 0 Å². The second-order valence-corrected chi connectivity index (χ2v) is 4.98. The summed E-state index contributed by atoms with van der Waals surface area (Å²) >= 11 is 0. The fourth-order valence-corrected chi connectivity index (χ4v) is 2.17. The van der Waals surface area contributed by atoms with Gasteiger partial charge in [0, 0.05) is 5.39 Å². The van der Waals surface area contributed by atoms with Gasteiger partial charge in [-0.1, -0.05) is 25.0 Å². The van der Waals surface area contributed by atoms with Gasteiger partial charge in [-0.15, -0.1) is 0 Å². The molecule has 1 aliphatic carbocycles. The third-order valence-electron chi connectivity index (χ3n) is 3.34. The van der Waals surface area contributed by atoms with E-state index in [1.807, 2.05) is 0 Å². The molecule has 2 heteroatoms. The Morgan fingerprint density at radius 3 is 2.94 bits per heavy atom. The van der Waals surface area contributed by atoms with Crippen LogP contribution in [0.2, 0.25) is 0 Å². The molecule has 2 aromatic rings. The Morgan fingerprint density at radius 1 is 1.38 bits per heavy atom. The van der Waals surface area contributed by atoms with Crippen molar-refractivity contribution in [1.29, 1.82) is 0 Å². The van der Waals surface area contributed by atoms with Gasteiger partial charge in [-0.3, -0.25) is 0 Å². The molecule has 1 aliphatic rings. The summed E-state index contributed by atoms with van der Waals surface area (Å²) < 4.78 is 5.81. The lowest BCUT2D eigenvalue weighted by Crippen LogP contribution is -2.09. The molecule has 1 heterocycles. The summed E-state index contributed by atoms with van der Waals surface area (Å²) in [7, 11) is 0. The Balaban J connectivity index is 1.91. The van der Waals surface area contributed by atoms with E-state index in [1.165, 1.54) is 18.4 Å². The van der Waals surface area contributed by atoms with Gasteiger partial charge < -0.3 is 10.2 Å². The molecule has 0 saturated heterocycles. The average molecular weight is 215 g/mol. The SMILES string of the molecule is Cc1ccc2cc([C@H](N)CC3CC3)oc2c1. The first-order valence-corrected chi connectivity index (χ1v) is 5.98. The van der Waals surface area contributed by atoms with Crippen LogP contribution in [-0.4, -0.2) is 0 Å². The van der Waals surface area contributed by atoms with Crippen LogP contribution in [0.25, 0.3) is 11.0 Å². The second kappa shape index (κ2) is 3.63. The average Bonchev–Trinajstić information content (AvgIpc) is 2.95. The van der Waals surface area contributed by atoms with Gasteiger partial charge in [0.15, 0.2) is 0 Å². The minimum Gasteiger partial charge on any atom is -0.459 e. The molecular formula is C14H17NO. The normalized spacial score (nSPS) is 17.9. The molecule has 0 spiro atoms. The van der Waals surface area contributed by atoms with Gasteiger partial charge in [-0.2, -0.15) is 0 Å². The molecule has 1 fully saturated rings. The van der Waals surface area contributed by atoms with Crippen LogP contribution < -0.4 is 5.73 Å². The van der Waals surface area contributed by atoms with E-state index in [1.54, 1.807) is 0 Å². The largest absolute Gasteiger partial charge is 0.459 e. The van der Waals surface area contributed by atoms with Gasteiger partial charge in [0.25, 0.3) is 0 Å². The van der Waals surface area contributed by atoms with Crippen molar-refractivity contribution in [2.45, 2.75) is 32.2 Å². The lowest BCUT2D eigenvalue weighted by Gasteiger charge is -2.06. The van der Waals surface area contributed by atoms with Crippen LogP contribution in [0.3, 0.4) is 0 Å². The molecule has 16 heavy (non-hydrogen) atoms. The predicted molar refractivity (Wildman–Crippen MR) is 65.2 cm³/mol. The lowest BCUT2D eigenvalue weighted by atomic mass is 10.1. The highest BCUT2D eigenvalue weighted by Gasteiger charge is 2.25.